The summed E-state index contributed by atoms with van der Waals surface area (Å²) in [5.74, 6) is 0. The molecule has 0 fully saturated rings. The maximum absolute atomic E-state index is 13.2. The van der Waals surface area contributed by atoms with E-state index in [0.29, 0.717) is 10.7 Å². The van der Waals surface area contributed by atoms with Crippen LogP contribution in [0.3, 0.4) is 0 Å². The molecule has 4 aromatic rings. The van der Waals surface area contributed by atoms with Gasteiger partial charge in [0.1, 0.15) is 5.03 Å². The molecule has 3 aromatic heterocycles. The highest BCUT2D eigenvalue weighted by Gasteiger charge is 2.29. The van der Waals surface area contributed by atoms with E-state index in [-0.39, 0.29) is 9.79 Å². The molecule has 0 unspecified atom stereocenters. The molecule has 0 spiro atoms. The van der Waals surface area contributed by atoms with Gasteiger partial charge in [0.15, 0.2) is 10.5 Å². The number of sulfone groups is 1. The Labute approximate surface area is 154 Å². The van der Waals surface area contributed by atoms with Gasteiger partial charge < -0.3 is 0 Å². The van der Waals surface area contributed by atoms with E-state index in [1.165, 1.54) is 11.8 Å². The first-order valence-corrected chi connectivity index (χ1v) is 10.5. The third-order valence-electron chi connectivity index (χ3n) is 3.94. The zero-order valence-corrected chi connectivity index (χ0v) is 15.4. The van der Waals surface area contributed by atoms with Crippen molar-refractivity contribution in [3.8, 4) is 11.3 Å². The first-order chi connectivity index (χ1) is 12.6. The number of rotatable bonds is 4. The van der Waals surface area contributed by atoms with Crippen molar-refractivity contribution in [3.63, 3.8) is 0 Å². The van der Waals surface area contributed by atoms with Crippen LogP contribution < -0.4 is 0 Å². The first-order valence-electron chi connectivity index (χ1n) is 7.75. The van der Waals surface area contributed by atoms with Crippen molar-refractivity contribution in [3.05, 3.63) is 67.1 Å². The number of benzene rings is 1. The lowest BCUT2D eigenvalue weighted by atomic mass is 10.2. The fraction of sp³-hybridized carbons (Fsp3) is 0.0556. The van der Waals surface area contributed by atoms with Gasteiger partial charge in [0.2, 0.25) is 9.84 Å². The number of thioether (sulfide) groups is 1. The predicted molar refractivity (Wildman–Crippen MR) is 99.9 cm³/mol. The van der Waals surface area contributed by atoms with E-state index >= 15 is 0 Å². The van der Waals surface area contributed by atoms with Crippen LogP contribution >= 0.6 is 11.8 Å². The van der Waals surface area contributed by atoms with Crippen molar-refractivity contribution in [1.82, 2.24) is 19.6 Å². The molecule has 0 amide bonds. The van der Waals surface area contributed by atoms with Gasteiger partial charge >= 0.3 is 0 Å². The van der Waals surface area contributed by atoms with E-state index in [1.54, 1.807) is 65.8 Å². The maximum atomic E-state index is 13.2. The molecule has 0 aliphatic rings. The number of aromatic nitrogens is 4. The van der Waals surface area contributed by atoms with E-state index in [0.717, 1.165) is 11.3 Å². The molecule has 8 heteroatoms. The lowest BCUT2D eigenvalue weighted by Gasteiger charge is -2.05. The Bertz CT molecular complexity index is 1170. The monoisotopic (exact) mass is 382 g/mol. The van der Waals surface area contributed by atoms with Gasteiger partial charge in [0.05, 0.1) is 10.6 Å². The second-order valence-corrected chi connectivity index (χ2v) is 8.14. The summed E-state index contributed by atoms with van der Waals surface area (Å²) in [4.78, 5) is 8.70. The molecule has 1 aromatic carbocycles. The minimum atomic E-state index is -3.74. The molecule has 0 radical (unpaired) electrons. The van der Waals surface area contributed by atoms with Crippen LogP contribution in [0.4, 0.5) is 0 Å². The Morgan fingerprint density at radius 3 is 2.38 bits per heavy atom. The van der Waals surface area contributed by atoms with E-state index in [9.17, 15) is 8.42 Å². The molecule has 26 heavy (non-hydrogen) atoms. The number of hydrogen-bond acceptors (Lipinski definition) is 6. The van der Waals surface area contributed by atoms with Gasteiger partial charge in [-0.2, -0.15) is 5.10 Å². The molecule has 4 rings (SSSR count). The fourth-order valence-corrected chi connectivity index (χ4v) is 5.15. The smallest absolute Gasteiger partial charge is 0.213 e. The highest BCUT2D eigenvalue weighted by molar-refractivity contribution is 7.99. The van der Waals surface area contributed by atoms with E-state index < -0.39 is 9.84 Å². The summed E-state index contributed by atoms with van der Waals surface area (Å²) in [5.41, 5.74) is 1.95. The van der Waals surface area contributed by atoms with Crippen molar-refractivity contribution in [2.75, 3.05) is 6.26 Å². The zero-order chi connectivity index (χ0) is 18.1. The zero-order valence-electron chi connectivity index (χ0n) is 13.8. The van der Waals surface area contributed by atoms with Crippen molar-refractivity contribution >= 4 is 27.2 Å². The fourth-order valence-electron chi connectivity index (χ4n) is 2.73. The van der Waals surface area contributed by atoms with Crippen molar-refractivity contribution < 1.29 is 8.42 Å². The van der Waals surface area contributed by atoms with Crippen molar-refractivity contribution in [2.24, 2.45) is 0 Å². The second kappa shape index (κ2) is 6.54. The van der Waals surface area contributed by atoms with Gasteiger partial charge in [0, 0.05) is 24.2 Å². The summed E-state index contributed by atoms with van der Waals surface area (Å²) >= 11 is 1.28. The van der Waals surface area contributed by atoms with Crippen LogP contribution in [0.25, 0.3) is 16.9 Å². The van der Waals surface area contributed by atoms with Crippen LogP contribution in [0, 0.1) is 0 Å². The third kappa shape index (κ3) is 2.67. The summed E-state index contributed by atoms with van der Waals surface area (Å²) in [6, 6.07) is 13.8. The molecule has 6 nitrogen and oxygen atoms in total. The lowest BCUT2D eigenvalue weighted by molar-refractivity contribution is 0.594. The molecule has 130 valence electrons. The maximum Gasteiger partial charge on any atom is 0.213 e. The number of fused-ring (bicyclic) bond motifs is 1. The van der Waals surface area contributed by atoms with Gasteiger partial charge in [-0.25, -0.2) is 17.9 Å². The van der Waals surface area contributed by atoms with Crippen LogP contribution in [0.15, 0.2) is 81.9 Å². The van der Waals surface area contributed by atoms with Crippen LogP contribution in [-0.2, 0) is 9.84 Å². The molecule has 0 atom stereocenters. The first kappa shape index (κ1) is 16.7. The molecule has 3 heterocycles. The normalized spacial score (nSPS) is 11.7. The van der Waals surface area contributed by atoms with Gasteiger partial charge in [0.25, 0.3) is 0 Å². The summed E-state index contributed by atoms with van der Waals surface area (Å²) < 4.78 is 28.0. The van der Waals surface area contributed by atoms with Crippen LogP contribution in [0.2, 0.25) is 0 Å². The Kier molecular flexibility index (Phi) is 4.21. The number of hydrogen-bond donors (Lipinski definition) is 0. The number of nitrogens with zero attached hydrogens (tertiary/aromatic N) is 4. The quantitative estimate of drug-likeness (QED) is 0.504. The van der Waals surface area contributed by atoms with Gasteiger partial charge in [-0.05, 0) is 36.6 Å². The Morgan fingerprint density at radius 2 is 1.69 bits per heavy atom. The molecule has 0 aliphatic heterocycles. The van der Waals surface area contributed by atoms with E-state index in [4.69, 9.17) is 0 Å². The van der Waals surface area contributed by atoms with Crippen LogP contribution in [-0.4, -0.2) is 34.3 Å². The molecule has 0 saturated carbocycles. The third-order valence-corrected chi connectivity index (χ3v) is 6.55. The molecule has 0 aliphatic carbocycles. The summed E-state index contributed by atoms with van der Waals surface area (Å²) in [6.45, 7) is 0. The van der Waals surface area contributed by atoms with Gasteiger partial charge in [-0.1, -0.05) is 18.2 Å². The topological polar surface area (TPSA) is 77.2 Å². The van der Waals surface area contributed by atoms with Crippen LogP contribution in [0.5, 0.6) is 0 Å². The molecule has 0 saturated heterocycles. The SMILES string of the molecule is CSc1nn2c(-c3ccncc3)ccnc2c1S(=O)(=O)c1ccccc1. The largest absolute Gasteiger partial charge is 0.265 e. The van der Waals surface area contributed by atoms with E-state index in [2.05, 4.69) is 15.1 Å². The summed E-state index contributed by atoms with van der Waals surface area (Å²) in [6.07, 6.45) is 6.77. The minimum Gasteiger partial charge on any atom is -0.265 e. The Balaban J connectivity index is 2.03. The lowest BCUT2D eigenvalue weighted by Crippen LogP contribution is -2.04. The highest BCUT2D eigenvalue weighted by atomic mass is 32.2. The molecule has 0 N–H and O–H groups in total. The highest BCUT2D eigenvalue weighted by Crippen LogP contribution is 2.33. The predicted octanol–water partition coefficient (Wildman–Crippen LogP) is 3.35. The van der Waals surface area contributed by atoms with Crippen LogP contribution in [0.1, 0.15) is 0 Å². The van der Waals surface area contributed by atoms with Crippen molar-refractivity contribution in [1.29, 1.82) is 0 Å². The standard InChI is InChI=1S/C18H14N4O2S2/c1-25-18-16(26(23,24)14-5-3-2-4-6-14)17-20-12-9-15(22(17)21-18)13-7-10-19-11-8-13/h2-12H,1H3. The summed E-state index contributed by atoms with van der Waals surface area (Å²) in [7, 11) is -3.74. The molecular weight excluding hydrogens is 368 g/mol. The molecular formula is C18H14N4O2S2. The molecule has 0 bridgehead atoms. The van der Waals surface area contributed by atoms with Crippen molar-refractivity contribution in [2.45, 2.75) is 14.8 Å². The minimum absolute atomic E-state index is 0.132. The number of pyridine rings is 1. The van der Waals surface area contributed by atoms with E-state index in [1.807, 2.05) is 12.1 Å². The van der Waals surface area contributed by atoms with Gasteiger partial charge in [-0.15, -0.1) is 11.8 Å². The average molecular weight is 382 g/mol. The van der Waals surface area contributed by atoms with Gasteiger partial charge in [-0.3, -0.25) is 4.98 Å². The summed E-state index contributed by atoms with van der Waals surface area (Å²) in [5, 5.41) is 4.94. The Morgan fingerprint density at radius 1 is 0.962 bits per heavy atom. The average Bonchev–Trinajstić information content (AvgIpc) is 3.09. The Hall–Kier alpha value is -2.71. The second-order valence-electron chi connectivity index (χ2n) is 5.46.